The van der Waals surface area contributed by atoms with Crippen molar-refractivity contribution in [3.63, 3.8) is 0 Å². The smallest absolute Gasteiger partial charge is 0.416 e. The summed E-state index contributed by atoms with van der Waals surface area (Å²) in [5.41, 5.74) is -1.83. The first-order chi connectivity index (χ1) is 15.2. The molecular formula is C25H21F6NO. The number of halogens is 6. The molecule has 0 atom stereocenters. The van der Waals surface area contributed by atoms with Crippen LogP contribution in [0.15, 0.2) is 65.7 Å². The van der Waals surface area contributed by atoms with Gasteiger partial charge < -0.3 is 5.11 Å². The van der Waals surface area contributed by atoms with E-state index in [1.54, 1.807) is 19.1 Å². The summed E-state index contributed by atoms with van der Waals surface area (Å²) in [7, 11) is 0. The summed E-state index contributed by atoms with van der Waals surface area (Å²) in [5.74, 6) is -0.143. The number of aromatic hydroxyl groups is 1. The van der Waals surface area contributed by atoms with Crippen LogP contribution in [-0.4, -0.2) is 11.3 Å². The zero-order valence-corrected chi connectivity index (χ0v) is 18.0. The number of benzene rings is 3. The Labute approximate surface area is 187 Å². The van der Waals surface area contributed by atoms with Gasteiger partial charge in [0.1, 0.15) is 5.75 Å². The second-order valence-corrected chi connectivity index (χ2v) is 8.21. The van der Waals surface area contributed by atoms with Crippen molar-refractivity contribution in [1.29, 1.82) is 0 Å². The molecule has 0 saturated heterocycles. The van der Waals surface area contributed by atoms with Crippen LogP contribution in [0.1, 0.15) is 47.2 Å². The Bertz CT molecular complexity index is 1150. The average molecular weight is 465 g/mol. The van der Waals surface area contributed by atoms with Crippen LogP contribution in [0.4, 0.5) is 32.0 Å². The first-order valence-electron chi connectivity index (χ1n) is 9.93. The molecule has 3 aromatic rings. The number of phenols is 1. The molecule has 1 N–H and O–H groups in total. The van der Waals surface area contributed by atoms with Crippen molar-refractivity contribution in [3.05, 3.63) is 94.0 Å². The monoisotopic (exact) mass is 465 g/mol. The highest BCUT2D eigenvalue weighted by molar-refractivity contribution is 5.88. The van der Waals surface area contributed by atoms with E-state index in [1.165, 1.54) is 0 Å². The van der Waals surface area contributed by atoms with Crippen LogP contribution in [0.2, 0.25) is 0 Å². The van der Waals surface area contributed by atoms with Gasteiger partial charge in [-0.25, -0.2) is 0 Å². The molecule has 0 aliphatic rings. The van der Waals surface area contributed by atoms with E-state index in [0.717, 1.165) is 11.8 Å². The average Bonchev–Trinajstić information content (AvgIpc) is 2.72. The van der Waals surface area contributed by atoms with E-state index in [-0.39, 0.29) is 17.4 Å². The van der Waals surface area contributed by atoms with Gasteiger partial charge in [0.2, 0.25) is 0 Å². The van der Waals surface area contributed by atoms with Gasteiger partial charge in [0.25, 0.3) is 0 Å². The highest BCUT2D eigenvalue weighted by Crippen LogP contribution is 2.40. The quantitative estimate of drug-likeness (QED) is 0.309. The summed E-state index contributed by atoms with van der Waals surface area (Å²) in [5, 5.41) is 11.0. The third-order valence-corrected chi connectivity index (χ3v) is 5.52. The summed E-state index contributed by atoms with van der Waals surface area (Å²) >= 11 is 0. The molecule has 0 aliphatic carbocycles. The van der Waals surface area contributed by atoms with Gasteiger partial charge in [0.15, 0.2) is 0 Å². The minimum atomic E-state index is -4.97. The third-order valence-electron chi connectivity index (χ3n) is 5.52. The lowest BCUT2D eigenvalue weighted by molar-refractivity contribution is -0.143. The molecule has 0 radical (unpaired) electrons. The highest BCUT2D eigenvalue weighted by Gasteiger charge is 2.37. The van der Waals surface area contributed by atoms with E-state index in [2.05, 4.69) is 4.99 Å². The minimum Gasteiger partial charge on any atom is -0.507 e. The molecule has 0 spiro atoms. The van der Waals surface area contributed by atoms with Crippen LogP contribution in [0.25, 0.3) is 0 Å². The standard InChI is InChI=1S/C25H21F6NO/c1-15-9-10-21(23(2,3)16-7-5-4-6-8-16)22(33)20(15)14-32-19-12-17(24(26,27)28)11-18(13-19)25(29,30)31/h4-14,33H,1-3H3. The first kappa shape index (κ1) is 24.4. The van der Waals surface area contributed by atoms with Crippen molar-refractivity contribution in [3.8, 4) is 5.75 Å². The van der Waals surface area contributed by atoms with E-state index >= 15 is 0 Å². The molecule has 0 unspecified atom stereocenters. The maximum Gasteiger partial charge on any atom is 0.416 e. The number of alkyl halides is 6. The summed E-state index contributed by atoms with van der Waals surface area (Å²) < 4.78 is 78.7. The number of nitrogens with zero attached hydrogens (tertiary/aromatic N) is 1. The van der Waals surface area contributed by atoms with E-state index in [0.29, 0.717) is 23.3 Å². The molecule has 0 bridgehead atoms. The van der Waals surface area contributed by atoms with Gasteiger partial charge in [-0.2, -0.15) is 26.3 Å². The zero-order chi connectivity index (χ0) is 24.6. The Morgan fingerprint density at radius 2 is 1.30 bits per heavy atom. The molecule has 2 nitrogen and oxygen atoms in total. The second-order valence-electron chi connectivity index (χ2n) is 8.21. The van der Waals surface area contributed by atoms with Gasteiger partial charge in [-0.15, -0.1) is 0 Å². The summed E-state index contributed by atoms with van der Waals surface area (Å²) in [6.45, 7) is 5.46. The van der Waals surface area contributed by atoms with Crippen molar-refractivity contribution in [2.24, 2.45) is 4.99 Å². The molecule has 0 saturated carbocycles. The van der Waals surface area contributed by atoms with E-state index < -0.39 is 34.6 Å². The summed E-state index contributed by atoms with van der Waals surface area (Å²) in [6, 6.07) is 13.9. The third kappa shape index (κ3) is 5.21. The fourth-order valence-corrected chi connectivity index (χ4v) is 3.54. The van der Waals surface area contributed by atoms with Gasteiger partial charge >= 0.3 is 12.4 Å². The Morgan fingerprint density at radius 3 is 1.82 bits per heavy atom. The number of aliphatic imine (C=N–C) groups is 1. The van der Waals surface area contributed by atoms with E-state index in [9.17, 15) is 31.4 Å². The SMILES string of the molecule is Cc1ccc(C(C)(C)c2ccccc2)c(O)c1C=Nc1cc(C(F)(F)F)cc(C(F)(F)F)c1. The van der Waals surface area contributed by atoms with Crippen LogP contribution in [0.5, 0.6) is 5.75 Å². The lowest BCUT2D eigenvalue weighted by Gasteiger charge is -2.28. The fraction of sp³-hybridized carbons (Fsp3) is 0.240. The topological polar surface area (TPSA) is 32.6 Å². The van der Waals surface area contributed by atoms with Gasteiger partial charge in [0.05, 0.1) is 16.8 Å². The van der Waals surface area contributed by atoms with Crippen molar-refractivity contribution in [2.75, 3.05) is 0 Å². The lowest BCUT2D eigenvalue weighted by atomic mass is 9.76. The second kappa shape index (κ2) is 8.57. The van der Waals surface area contributed by atoms with Crippen molar-refractivity contribution in [2.45, 2.75) is 38.5 Å². The van der Waals surface area contributed by atoms with Crippen LogP contribution < -0.4 is 0 Å². The Hall–Kier alpha value is -3.29. The van der Waals surface area contributed by atoms with Gasteiger partial charge in [-0.05, 0) is 36.2 Å². The normalized spacial score (nSPS) is 13.0. The maximum atomic E-state index is 13.1. The van der Waals surface area contributed by atoms with Crippen molar-refractivity contribution < 1.29 is 31.4 Å². The first-order valence-corrected chi connectivity index (χ1v) is 9.93. The number of phenolic OH excluding ortho intramolecular Hbond substituents is 1. The van der Waals surface area contributed by atoms with Gasteiger partial charge in [-0.3, -0.25) is 4.99 Å². The van der Waals surface area contributed by atoms with Crippen LogP contribution in [0, 0.1) is 6.92 Å². The molecule has 3 rings (SSSR count). The van der Waals surface area contributed by atoms with Crippen LogP contribution in [-0.2, 0) is 17.8 Å². The van der Waals surface area contributed by atoms with Crippen LogP contribution >= 0.6 is 0 Å². The predicted octanol–water partition coefficient (Wildman–Crippen LogP) is 7.81. The largest absolute Gasteiger partial charge is 0.507 e. The number of hydrogen-bond acceptors (Lipinski definition) is 2. The molecule has 8 heteroatoms. The van der Waals surface area contributed by atoms with Crippen molar-refractivity contribution in [1.82, 2.24) is 0 Å². The molecule has 0 heterocycles. The number of hydrogen-bond donors (Lipinski definition) is 1. The van der Waals surface area contributed by atoms with Crippen LogP contribution in [0.3, 0.4) is 0 Å². The zero-order valence-electron chi connectivity index (χ0n) is 18.0. The molecular weight excluding hydrogens is 444 g/mol. The predicted molar refractivity (Wildman–Crippen MR) is 115 cm³/mol. The molecule has 33 heavy (non-hydrogen) atoms. The van der Waals surface area contributed by atoms with E-state index in [4.69, 9.17) is 0 Å². The summed E-state index contributed by atoms with van der Waals surface area (Å²) in [6.07, 6.45) is -8.85. The maximum absolute atomic E-state index is 13.1. The molecule has 174 valence electrons. The minimum absolute atomic E-state index is 0.0464. The molecule has 0 fully saturated rings. The number of rotatable bonds is 4. The highest BCUT2D eigenvalue weighted by atomic mass is 19.4. The molecule has 0 aliphatic heterocycles. The summed E-state index contributed by atoms with van der Waals surface area (Å²) in [4.78, 5) is 3.86. The number of aryl methyl sites for hydroxylation is 1. The van der Waals surface area contributed by atoms with Gasteiger partial charge in [-0.1, -0.05) is 56.3 Å². The fourth-order valence-electron chi connectivity index (χ4n) is 3.54. The molecule has 3 aromatic carbocycles. The molecule has 0 aromatic heterocycles. The Kier molecular flexibility index (Phi) is 6.33. The lowest BCUT2D eigenvalue weighted by Crippen LogP contribution is -2.19. The molecule has 0 amide bonds. The van der Waals surface area contributed by atoms with E-state index in [1.807, 2.05) is 44.2 Å². The van der Waals surface area contributed by atoms with Crippen molar-refractivity contribution >= 4 is 11.9 Å². The Balaban J connectivity index is 2.09. The van der Waals surface area contributed by atoms with Gasteiger partial charge in [0, 0.05) is 22.8 Å². The Morgan fingerprint density at radius 1 is 0.758 bits per heavy atom.